The zero-order chi connectivity index (χ0) is 13.7. The van der Waals surface area contributed by atoms with Gasteiger partial charge in [-0.3, -0.25) is 10.1 Å². The smallest absolute Gasteiger partial charge is 0.321 e. The van der Waals surface area contributed by atoms with E-state index in [2.05, 4.69) is 5.32 Å². The third-order valence-corrected chi connectivity index (χ3v) is 2.04. The number of benzene rings is 1. The van der Waals surface area contributed by atoms with Crippen molar-refractivity contribution in [1.29, 1.82) is 0 Å². The highest BCUT2D eigenvalue weighted by Gasteiger charge is 2.17. The van der Waals surface area contributed by atoms with Crippen LogP contribution in [0, 0.1) is 11.6 Å². The molecule has 0 saturated heterocycles. The van der Waals surface area contributed by atoms with Crippen LogP contribution in [0.15, 0.2) is 18.2 Å². The molecule has 2 N–H and O–H groups in total. The summed E-state index contributed by atoms with van der Waals surface area (Å²) >= 11 is 0. The molecule has 1 rings (SSSR count). The van der Waals surface area contributed by atoms with Gasteiger partial charge in [-0.25, -0.2) is 13.6 Å². The van der Waals surface area contributed by atoms with Crippen LogP contribution in [0.1, 0.15) is 6.92 Å². The first kappa shape index (κ1) is 13.9. The van der Waals surface area contributed by atoms with E-state index in [0.717, 1.165) is 12.1 Å². The number of ether oxygens (including phenoxy) is 1. The van der Waals surface area contributed by atoms with Gasteiger partial charge in [0.15, 0.2) is 17.7 Å². The molecule has 5 nitrogen and oxygen atoms in total. The molecule has 0 aromatic heterocycles. The van der Waals surface area contributed by atoms with Crippen molar-refractivity contribution in [2.24, 2.45) is 0 Å². The number of carbonyl (C=O) groups excluding carboxylic acids is 2. The van der Waals surface area contributed by atoms with E-state index in [0.29, 0.717) is 0 Å². The fourth-order valence-electron chi connectivity index (χ4n) is 1.08. The number of imide groups is 1. The summed E-state index contributed by atoms with van der Waals surface area (Å²) in [5.41, 5.74) is 0. The highest BCUT2D eigenvalue weighted by atomic mass is 19.2. The van der Waals surface area contributed by atoms with Crippen LogP contribution >= 0.6 is 0 Å². The Labute approximate surface area is 102 Å². The Bertz CT molecular complexity index is 466. The maximum atomic E-state index is 12.9. The molecular formula is C11H12F2N2O3. The molecule has 98 valence electrons. The number of halogens is 2. The predicted molar refractivity (Wildman–Crippen MR) is 59.0 cm³/mol. The number of amides is 3. The number of nitrogens with one attached hydrogen (secondary N) is 2. The number of urea groups is 1. The highest BCUT2D eigenvalue weighted by Crippen LogP contribution is 2.16. The summed E-state index contributed by atoms with van der Waals surface area (Å²) in [4.78, 5) is 22.3. The van der Waals surface area contributed by atoms with Gasteiger partial charge in [0.05, 0.1) is 0 Å². The Kier molecular flexibility index (Phi) is 4.59. The molecule has 1 atom stereocenters. The van der Waals surface area contributed by atoms with E-state index in [4.69, 9.17) is 4.74 Å². The Morgan fingerprint density at radius 3 is 2.50 bits per heavy atom. The van der Waals surface area contributed by atoms with Gasteiger partial charge in [0.25, 0.3) is 5.91 Å². The zero-order valence-corrected chi connectivity index (χ0v) is 9.79. The monoisotopic (exact) mass is 258 g/mol. The lowest BCUT2D eigenvalue weighted by atomic mass is 10.3. The van der Waals surface area contributed by atoms with Gasteiger partial charge in [-0.2, -0.15) is 0 Å². The van der Waals surface area contributed by atoms with E-state index in [1.807, 2.05) is 5.32 Å². The molecule has 0 aliphatic rings. The minimum Gasteiger partial charge on any atom is -0.481 e. The number of hydrogen-bond acceptors (Lipinski definition) is 3. The second kappa shape index (κ2) is 5.95. The molecule has 0 aliphatic carbocycles. The van der Waals surface area contributed by atoms with Gasteiger partial charge >= 0.3 is 6.03 Å². The Balaban J connectivity index is 2.63. The Morgan fingerprint density at radius 2 is 1.94 bits per heavy atom. The van der Waals surface area contributed by atoms with E-state index in [1.165, 1.54) is 20.0 Å². The molecule has 0 fully saturated rings. The molecule has 0 heterocycles. The van der Waals surface area contributed by atoms with Crippen molar-refractivity contribution in [3.63, 3.8) is 0 Å². The summed E-state index contributed by atoms with van der Waals surface area (Å²) in [5, 5.41) is 4.19. The van der Waals surface area contributed by atoms with Gasteiger partial charge in [-0.05, 0) is 19.1 Å². The minimum absolute atomic E-state index is 0.00606. The fourth-order valence-corrected chi connectivity index (χ4v) is 1.08. The Morgan fingerprint density at radius 1 is 1.28 bits per heavy atom. The second-order valence-corrected chi connectivity index (χ2v) is 3.40. The number of hydrogen-bond donors (Lipinski definition) is 2. The summed E-state index contributed by atoms with van der Waals surface area (Å²) in [6, 6.07) is 2.20. The van der Waals surface area contributed by atoms with Gasteiger partial charge in [0.2, 0.25) is 0 Å². The van der Waals surface area contributed by atoms with Crippen LogP contribution in [0.4, 0.5) is 13.6 Å². The van der Waals surface area contributed by atoms with Crippen molar-refractivity contribution in [1.82, 2.24) is 10.6 Å². The molecule has 0 saturated carbocycles. The quantitative estimate of drug-likeness (QED) is 0.855. The molecule has 3 amide bonds. The topological polar surface area (TPSA) is 67.4 Å². The first-order valence-electron chi connectivity index (χ1n) is 5.08. The van der Waals surface area contributed by atoms with Gasteiger partial charge < -0.3 is 10.1 Å². The van der Waals surface area contributed by atoms with Crippen molar-refractivity contribution in [3.8, 4) is 5.75 Å². The van der Waals surface area contributed by atoms with Gasteiger partial charge in [0, 0.05) is 13.1 Å². The van der Waals surface area contributed by atoms with Crippen molar-refractivity contribution in [2.45, 2.75) is 13.0 Å². The van der Waals surface area contributed by atoms with Crippen molar-refractivity contribution in [2.75, 3.05) is 7.05 Å². The summed E-state index contributed by atoms with van der Waals surface area (Å²) in [5.74, 6) is -2.79. The largest absolute Gasteiger partial charge is 0.481 e. The summed E-state index contributed by atoms with van der Waals surface area (Å²) in [6.07, 6.45) is -1.02. The molecular weight excluding hydrogens is 246 g/mol. The van der Waals surface area contributed by atoms with E-state index in [1.54, 1.807) is 0 Å². The van der Waals surface area contributed by atoms with E-state index in [-0.39, 0.29) is 5.75 Å². The zero-order valence-electron chi connectivity index (χ0n) is 9.79. The normalized spacial score (nSPS) is 11.6. The molecule has 1 aromatic rings. The molecule has 0 aliphatic heterocycles. The van der Waals surface area contributed by atoms with Gasteiger partial charge in [-0.1, -0.05) is 0 Å². The molecule has 0 bridgehead atoms. The lowest BCUT2D eigenvalue weighted by Gasteiger charge is -2.13. The van der Waals surface area contributed by atoms with Gasteiger partial charge in [-0.15, -0.1) is 0 Å². The number of rotatable bonds is 3. The third kappa shape index (κ3) is 3.69. The third-order valence-electron chi connectivity index (χ3n) is 2.04. The highest BCUT2D eigenvalue weighted by molar-refractivity contribution is 5.96. The van der Waals surface area contributed by atoms with Crippen LogP contribution in [-0.2, 0) is 4.79 Å². The summed E-state index contributed by atoms with van der Waals surface area (Å²) < 4.78 is 30.6. The molecule has 0 unspecified atom stereocenters. The molecule has 18 heavy (non-hydrogen) atoms. The van der Waals surface area contributed by atoms with Crippen LogP contribution in [-0.4, -0.2) is 25.1 Å². The molecule has 0 radical (unpaired) electrons. The number of carbonyl (C=O) groups is 2. The van der Waals surface area contributed by atoms with Crippen LogP contribution in [0.3, 0.4) is 0 Å². The van der Waals surface area contributed by atoms with Crippen LogP contribution in [0.5, 0.6) is 5.75 Å². The standard InChI is InChI=1S/C11H12F2N2O3/c1-6(10(16)15-11(17)14-2)18-7-3-4-8(12)9(13)5-7/h3-6H,1-2H3,(H2,14,15,16,17)/t6-/m1/s1. The first-order valence-corrected chi connectivity index (χ1v) is 5.08. The minimum atomic E-state index is -1.08. The van der Waals surface area contributed by atoms with Crippen molar-refractivity contribution < 1.29 is 23.1 Å². The van der Waals surface area contributed by atoms with E-state index < -0.39 is 29.7 Å². The average molecular weight is 258 g/mol. The SMILES string of the molecule is CNC(=O)NC(=O)[C@@H](C)Oc1ccc(F)c(F)c1. The van der Waals surface area contributed by atoms with Gasteiger partial charge in [0.1, 0.15) is 5.75 Å². The maximum Gasteiger partial charge on any atom is 0.321 e. The van der Waals surface area contributed by atoms with Crippen molar-refractivity contribution in [3.05, 3.63) is 29.8 Å². The predicted octanol–water partition coefficient (Wildman–Crippen LogP) is 1.19. The average Bonchev–Trinajstić information content (AvgIpc) is 2.33. The summed E-state index contributed by atoms with van der Waals surface area (Å²) in [7, 11) is 1.35. The van der Waals surface area contributed by atoms with E-state index in [9.17, 15) is 18.4 Å². The molecule has 0 spiro atoms. The fraction of sp³-hybridized carbons (Fsp3) is 0.273. The van der Waals surface area contributed by atoms with Crippen LogP contribution in [0.2, 0.25) is 0 Å². The van der Waals surface area contributed by atoms with Crippen molar-refractivity contribution >= 4 is 11.9 Å². The molecule has 1 aromatic carbocycles. The lowest BCUT2D eigenvalue weighted by molar-refractivity contribution is -0.126. The lowest BCUT2D eigenvalue weighted by Crippen LogP contribution is -2.43. The first-order chi connectivity index (χ1) is 8.43. The van der Waals surface area contributed by atoms with E-state index >= 15 is 0 Å². The van der Waals surface area contributed by atoms with Crippen LogP contribution in [0.25, 0.3) is 0 Å². The van der Waals surface area contributed by atoms with Crippen LogP contribution < -0.4 is 15.4 Å². The maximum absolute atomic E-state index is 12.9. The summed E-state index contributed by atoms with van der Waals surface area (Å²) in [6.45, 7) is 1.37. The second-order valence-electron chi connectivity index (χ2n) is 3.40. The molecule has 7 heteroatoms. The Hall–Kier alpha value is -2.18.